The summed E-state index contributed by atoms with van der Waals surface area (Å²) in [5.74, 6) is 0. The standard InChI is InChI=1S/C16H34N2O2/c1-4-5-6-12-19-14-15-20-13-11-17-7-9-18(10-8-17)16(2)3/h16H,4-15H2,1-3H3. The van der Waals surface area contributed by atoms with Crippen molar-refractivity contribution < 1.29 is 9.47 Å². The summed E-state index contributed by atoms with van der Waals surface area (Å²) < 4.78 is 11.2. The second-order valence-corrected chi connectivity index (χ2v) is 5.90. The Morgan fingerprint density at radius 3 is 2.10 bits per heavy atom. The molecule has 1 aliphatic rings. The summed E-state index contributed by atoms with van der Waals surface area (Å²) in [6.07, 6.45) is 3.70. The van der Waals surface area contributed by atoms with Gasteiger partial charge in [0, 0.05) is 45.4 Å². The van der Waals surface area contributed by atoms with E-state index in [1.807, 2.05) is 0 Å². The van der Waals surface area contributed by atoms with Gasteiger partial charge >= 0.3 is 0 Å². The molecule has 20 heavy (non-hydrogen) atoms. The highest BCUT2D eigenvalue weighted by atomic mass is 16.5. The molecule has 4 heteroatoms. The molecule has 1 rings (SSSR count). The molecule has 0 N–H and O–H groups in total. The Balaban J connectivity index is 1.85. The minimum absolute atomic E-state index is 0.679. The molecule has 0 radical (unpaired) electrons. The van der Waals surface area contributed by atoms with Gasteiger partial charge in [-0.25, -0.2) is 0 Å². The molecule has 4 nitrogen and oxygen atoms in total. The SMILES string of the molecule is CCCCCOCCOCCN1CCN(C(C)C)CC1. The van der Waals surface area contributed by atoms with Gasteiger partial charge in [-0.05, 0) is 20.3 Å². The van der Waals surface area contributed by atoms with Crippen molar-refractivity contribution in [1.82, 2.24) is 9.80 Å². The van der Waals surface area contributed by atoms with Crippen LogP contribution in [0, 0.1) is 0 Å². The Morgan fingerprint density at radius 1 is 0.850 bits per heavy atom. The molecule has 0 unspecified atom stereocenters. The number of piperazine rings is 1. The van der Waals surface area contributed by atoms with Crippen LogP contribution < -0.4 is 0 Å². The lowest BCUT2D eigenvalue weighted by Crippen LogP contribution is -2.49. The molecule has 120 valence electrons. The number of hydrogen-bond donors (Lipinski definition) is 0. The number of hydrogen-bond acceptors (Lipinski definition) is 4. The smallest absolute Gasteiger partial charge is 0.0701 e. The zero-order chi connectivity index (χ0) is 14.6. The quantitative estimate of drug-likeness (QED) is 0.544. The van der Waals surface area contributed by atoms with Crippen LogP contribution in [0.5, 0.6) is 0 Å². The maximum atomic E-state index is 5.64. The second kappa shape index (κ2) is 11.5. The third-order valence-electron chi connectivity index (χ3n) is 3.95. The molecule has 1 saturated heterocycles. The van der Waals surface area contributed by atoms with Gasteiger partial charge in [0.1, 0.15) is 0 Å². The van der Waals surface area contributed by atoms with E-state index < -0.39 is 0 Å². The van der Waals surface area contributed by atoms with Crippen molar-refractivity contribution in [2.45, 2.75) is 46.1 Å². The minimum atomic E-state index is 0.679. The van der Waals surface area contributed by atoms with Gasteiger partial charge in [-0.1, -0.05) is 19.8 Å². The fraction of sp³-hybridized carbons (Fsp3) is 1.00. The number of ether oxygens (including phenoxy) is 2. The highest BCUT2D eigenvalue weighted by molar-refractivity contribution is 4.73. The zero-order valence-corrected chi connectivity index (χ0v) is 13.8. The van der Waals surface area contributed by atoms with Gasteiger partial charge < -0.3 is 9.47 Å². The summed E-state index contributed by atoms with van der Waals surface area (Å²) in [6.45, 7) is 15.8. The predicted molar refractivity (Wildman–Crippen MR) is 84.3 cm³/mol. The molecule has 0 aliphatic carbocycles. The van der Waals surface area contributed by atoms with Crippen LogP contribution in [0.25, 0.3) is 0 Å². The van der Waals surface area contributed by atoms with E-state index in [4.69, 9.17) is 9.47 Å². The third-order valence-corrected chi connectivity index (χ3v) is 3.95. The Kier molecular flexibility index (Phi) is 10.3. The van der Waals surface area contributed by atoms with Crippen molar-refractivity contribution in [3.63, 3.8) is 0 Å². The number of nitrogens with zero attached hydrogens (tertiary/aromatic N) is 2. The van der Waals surface area contributed by atoms with Gasteiger partial charge in [-0.2, -0.15) is 0 Å². The summed E-state index contributed by atoms with van der Waals surface area (Å²) >= 11 is 0. The molecule has 0 aromatic carbocycles. The molecule has 1 fully saturated rings. The lowest BCUT2D eigenvalue weighted by Gasteiger charge is -2.36. The van der Waals surface area contributed by atoms with Crippen molar-refractivity contribution in [2.24, 2.45) is 0 Å². The van der Waals surface area contributed by atoms with Crippen molar-refractivity contribution in [3.8, 4) is 0 Å². The second-order valence-electron chi connectivity index (χ2n) is 5.90. The molecule has 0 spiro atoms. The molecule has 0 atom stereocenters. The number of unbranched alkanes of at least 4 members (excludes halogenated alkanes) is 2. The van der Waals surface area contributed by atoms with Crippen LogP contribution >= 0.6 is 0 Å². The molecule has 0 aromatic heterocycles. The first-order chi connectivity index (χ1) is 9.74. The summed E-state index contributed by atoms with van der Waals surface area (Å²) in [5.41, 5.74) is 0. The molecular weight excluding hydrogens is 252 g/mol. The van der Waals surface area contributed by atoms with Crippen LogP contribution in [0.15, 0.2) is 0 Å². The largest absolute Gasteiger partial charge is 0.379 e. The number of rotatable bonds is 11. The van der Waals surface area contributed by atoms with E-state index in [0.29, 0.717) is 6.04 Å². The van der Waals surface area contributed by atoms with Gasteiger partial charge in [-0.3, -0.25) is 9.80 Å². The monoisotopic (exact) mass is 286 g/mol. The predicted octanol–water partition coefficient (Wildman–Crippen LogP) is 2.24. The van der Waals surface area contributed by atoms with Crippen molar-refractivity contribution in [1.29, 1.82) is 0 Å². The fourth-order valence-electron chi connectivity index (χ4n) is 2.47. The normalized spacial score (nSPS) is 18.0. The van der Waals surface area contributed by atoms with E-state index in [9.17, 15) is 0 Å². The van der Waals surface area contributed by atoms with Crippen molar-refractivity contribution in [3.05, 3.63) is 0 Å². The highest BCUT2D eigenvalue weighted by Gasteiger charge is 2.17. The average molecular weight is 286 g/mol. The Bertz CT molecular complexity index is 217. The lowest BCUT2D eigenvalue weighted by atomic mass is 10.2. The molecule has 1 heterocycles. The Labute approximate surface area is 125 Å². The fourth-order valence-corrected chi connectivity index (χ4v) is 2.47. The first kappa shape index (κ1) is 17.9. The molecular formula is C16H34N2O2. The first-order valence-electron chi connectivity index (χ1n) is 8.36. The van der Waals surface area contributed by atoms with E-state index in [1.165, 1.54) is 45.4 Å². The summed E-state index contributed by atoms with van der Waals surface area (Å²) in [5, 5.41) is 0. The summed E-state index contributed by atoms with van der Waals surface area (Å²) in [6, 6.07) is 0.679. The molecule has 0 saturated carbocycles. The van der Waals surface area contributed by atoms with Crippen LogP contribution in [-0.4, -0.2) is 75.0 Å². The van der Waals surface area contributed by atoms with Crippen molar-refractivity contribution >= 4 is 0 Å². The van der Waals surface area contributed by atoms with Crippen LogP contribution in [0.2, 0.25) is 0 Å². The van der Waals surface area contributed by atoms with Crippen LogP contribution in [-0.2, 0) is 9.47 Å². The van der Waals surface area contributed by atoms with E-state index >= 15 is 0 Å². The topological polar surface area (TPSA) is 24.9 Å². The van der Waals surface area contributed by atoms with E-state index in [1.54, 1.807) is 0 Å². The maximum absolute atomic E-state index is 5.64. The van der Waals surface area contributed by atoms with E-state index in [2.05, 4.69) is 30.6 Å². The van der Waals surface area contributed by atoms with Gasteiger partial charge in [0.25, 0.3) is 0 Å². The Morgan fingerprint density at radius 2 is 1.50 bits per heavy atom. The molecule has 0 aromatic rings. The van der Waals surface area contributed by atoms with E-state index in [-0.39, 0.29) is 0 Å². The zero-order valence-electron chi connectivity index (χ0n) is 13.8. The van der Waals surface area contributed by atoms with Crippen LogP contribution in [0.4, 0.5) is 0 Å². The average Bonchev–Trinajstić information content (AvgIpc) is 2.46. The van der Waals surface area contributed by atoms with Crippen molar-refractivity contribution in [2.75, 3.05) is 59.2 Å². The maximum Gasteiger partial charge on any atom is 0.0701 e. The molecule has 1 aliphatic heterocycles. The summed E-state index contributed by atoms with van der Waals surface area (Å²) in [4.78, 5) is 5.04. The molecule has 0 bridgehead atoms. The van der Waals surface area contributed by atoms with Crippen LogP contribution in [0.1, 0.15) is 40.0 Å². The first-order valence-corrected chi connectivity index (χ1v) is 8.36. The third kappa shape index (κ3) is 8.20. The van der Waals surface area contributed by atoms with Gasteiger partial charge in [0.05, 0.1) is 19.8 Å². The Hall–Kier alpha value is -0.160. The van der Waals surface area contributed by atoms with E-state index in [0.717, 1.165) is 33.0 Å². The van der Waals surface area contributed by atoms with Crippen LogP contribution in [0.3, 0.4) is 0 Å². The highest BCUT2D eigenvalue weighted by Crippen LogP contribution is 2.05. The van der Waals surface area contributed by atoms with Gasteiger partial charge in [0.2, 0.25) is 0 Å². The minimum Gasteiger partial charge on any atom is -0.379 e. The lowest BCUT2D eigenvalue weighted by molar-refractivity contribution is 0.0286. The summed E-state index contributed by atoms with van der Waals surface area (Å²) in [7, 11) is 0. The van der Waals surface area contributed by atoms with Gasteiger partial charge in [0.15, 0.2) is 0 Å². The van der Waals surface area contributed by atoms with Gasteiger partial charge in [-0.15, -0.1) is 0 Å². The molecule has 0 amide bonds.